The van der Waals surface area contributed by atoms with Gasteiger partial charge in [-0.15, -0.1) is 0 Å². The Labute approximate surface area is 129 Å². The molecule has 0 spiro atoms. The third-order valence-electron chi connectivity index (χ3n) is 2.63. The number of benzene rings is 1. The topological polar surface area (TPSA) is 107 Å². The number of urea groups is 1. The van der Waals surface area contributed by atoms with Gasteiger partial charge in [0, 0.05) is 10.2 Å². The second-order valence-electron chi connectivity index (χ2n) is 4.50. The van der Waals surface area contributed by atoms with Crippen LogP contribution in [-0.4, -0.2) is 46.2 Å². The number of carboxylic acids is 2. The Kier molecular flexibility index (Phi) is 5.71. The summed E-state index contributed by atoms with van der Waals surface area (Å²) in [5.41, 5.74) is 2.26. The molecule has 0 atom stereocenters. The molecule has 2 amide bonds. The monoisotopic (exact) mass is 358 g/mol. The Morgan fingerprint density at radius 1 is 1.10 bits per heavy atom. The number of hydrogen-bond donors (Lipinski definition) is 3. The second-order valence-corrected chi connectivity index (χ2v) is 5.29. The van der Waals surface area contributed by atoms with Crippen molar-refractivity contribution in [2.24, 2.45) is 0 Å². The number of aryl methyl sites for hydroxylation is 2. The predicted molar refractivity (Wildman–Crippen MR) is 79.5 cm³/mol. The van der Waals surface area contributed by atoms with E-state index in [0.29, 0.717) is 10.6 Å². The molecule has 8 heteroatoms. The zero-order valence-corrected chi connectivity index (χ0v) is 13.1. The number of nitrogens with zero attached hydrogens (tertiary/aromatic N) is 1. The lowest BCUT2D eigenvalue weighted by molar-refractivity contribution is -0.140. The third-order valence-corrected chi connectivity index (χ3v) is 3.88. The Hall–Kier alpha value is -2.09. The Morgan fingerprint density at radius 2 is 1.52 bits per heavy atom. The summed E-state index contributed by atoms with van der Waals surface area (Å²) in [5, 5.41) is 19.9. The maximum Gasteiger partial charge on any atom is 0.323 e. The van der Waals surface area contributed by atoms with Gasteiger partial charge < -0.3 is 20.4 Å². The van der Waals surface area contributed by atoms with Gasteiger partial charge in [-0.1, -0.05) is 15.9 Å². The van der Waals surface area contributed by atoms with Crippen LogP contribution < -0.4 is 5.32 Å². The molecule has 0 saturated carbocycles. The summed E-state index contributed by atoms with van der Waals surface area (Å²) in [6.45, 7) is 2.32. The van der Waals surface area contributed by atoms with Crippen molar-refractivity contribution >= 4 is 39.6 Å². The summed E-state index contributed by atoms with van der Waals surface area (Å²) in [7, 11) is 0. The molecule has 1 aromatic carbocycles. The van der Waals surface area contributed by atoms with E-state index in [4.69, 9.17) is 10.2 Å². The van der Waals surface area contributed by atoms with Gasteiger partial charge in [0.05, 0.1) is 0 Å². The molecule has 0 bridgehead atoms. The molecule has 21 heavy (non-hydrogen) atoms. The van der Waals surface area contributed by atoms with Crippen molar-refractivity contribution in [1.82, 2.24) is 4.90 Å². The Balaban J connectivity index is 2.90. The van der Waals surface area contributed by atoms with Gasteiger partial charge in [0.15, 0.2) is 0 Å². The van der Waals surface area contributed by atoms with E-state index in [0.717, 1.165) is 15.6 Å². The van der Waals surface area contributed by atoms with E-state index in [1.807, 2.05) is 13.8 Å². The molecule has 0 aliphatic carbocycles. The number of amides is 2. The number of hydrogen-bond acceptors (Lipinski definition) is 3. The summed E-state index contributed by atoms with van der Waals surface area (Å²) >= 11 is 3.40. The molecule has 0 aromatic heterocycles. The smallest absolute Gasteiger partial charge is 0.323 e. The molecule has 7 nitrogen and oxygen atoms in total. The molecule has 3 N–H and O–H groups in total. The van der Waals surface area contributed by atoms with Crippen LogP contribution in [0, 0.1) is 13.8 Å². The lowest BCUT2D eigenvalue weighted by Crippen LogP contribution is -2.41. The van der Waals surface area contributed by atoms with E-state index in [9.17, 15) is 14.4 Å². The van der Waals surface area contributed by atoms with Crippen LogP contribution in [0.2, 0.25) is 0 Å². The van der Waals surface area contributed by atoms with Crippen LogP contribution in [0.3, 0.4) is 0 Å². The minimum atomic E-state index is -1.28. The van der Waals surface area contributed by atoms with E-state index >= 15 is 0 Å². The number of anilines is 1. The maximum atomic E-state index is 12.0. The average molecular weight is 359 g/mol. The first kappa shape index (κ1) is 17.0. The predicted octanol–water partition coefficient (Wildman–Crippen LogP) is 2.07. The zero-order valence-electron chi connectivity index (χ0n) is 11.5. The van der Waals surface area contributed by atoms with Crippen molar-refractivity contribution in [3.05, 3.63) is 27.7 Å². The van der Waals surface area contributed by atoms with Crippen molar-refractivity contribution < 1.29 is 24.6 Å². The summed E-state index contributed by atoms with van der Waals surface area (Å²) in [5.74, 6) is -2.57. The average Bonchev–Trinajstić information content (AvgIpc) is 2.33. The Morgan fingerprint density at radius 3 is 1.90 bits per heavy atom. The van der Waals surface area contributed by atoms with E-state index in [1.54, 1.807) is 12.1 Å². The normalized spacial score (nSPS) is 10.0. The summed E-state index contributed by atoms with van der Waals surface area (Å²) < 4.78 is 0.911. The first-order valence-corrected chi connectivity index (χ1v) is 6.76. The van der Waals surface area contributed by atoms with Crippen LogP contribution in [0.4, 0.5) is 10.5 Å². The van der Waals surface area contributed by atoms with E-state index < -0.39 is 31.1 Å². The van der Waals surface area contributed by atoms with Crippen molar-refractivity contribution in [3.8, 4) is 0 Å². The van der Waals surface area contributed by atoms with Crippen LogP contribution in [0.5, 0.6) is 0 Å². The number of carboxylic acid groups (broad SMARTS) is 2. The Bertz CT molecular complexity index is 549. The van der Waals surface area contributed by atoms with E-state index in [2.05, 4.69) is 21.2 Å². The fourth-order valence-corrected chi connectivity index (χ4v) is 1.98. The zero-order chi connectivity index (χ0) is 16.2. The van der Waals surface area contributed by atoms with Crippen molar-refractivity contribution in [2.45, 2.75) is 13.8 Å². The number of nitrogens with one attached hydrogen (secondary N) is 1. The first-order chi connectivity index (χ1) is 9.70. The lowest BCUT2D eigenvalue weighted by Gasteiger charge is -2.19. The minimum absolute atomic E-state index is 0.471. The summed E-state index contributed by atoms with van der Waals surface area (Å²) in [4.78, 5) is 34.0. The van der Waals surface area contributed by atoms with Crippen LogP contribution in [0.1, 0.15) is 11.1 Å². The molecule has 114 valence electrons. The van der Waals surface area contributed by atoms with Gasteiger partial charge >= 0.3 is 18.0 Å². The first-order valence-electron chi connectivity index (χ1n) is 5.97. The molecule has 0 fully saturated rings. The number of carbonyl (C=O) groups excluding carboxylic acids is 1. The SMILES string of the molecule is Cc1cc(NC(=O)N(CC(=O)O)CC(=O)O)cc(C)c1Br. The highest BCUT2D eigenvalue weighted by Gasteiger charge is 2.20. The molecular weight excluding hydrogens is 344 g/mol. The van der Waals surface area contributed by atoms with Crippen molar-refractivity contribution in [3.63, 3.8) is 0 Å². The van der Waals surface area contributed by atoms with Gasteiger partial charge in [-0.3, -0.25) is 9.59 Å². The van der Waals surface area contributed by atoms with Crippen LogP contribution >= 0.6 is 15.9 Å². The summed E-state index contributed by atoms with van der Waals surface area (Å²) in [6.07, 6.45) is 0. The molecule has 0 saturated heterocycles. The number of carbonyl (C=O) groups is 3. The van der Waals surface area contributed by atoms with Crippen molar-refractivity contribution in [1.29, 1.82) is 0 Å². The van der Waals surface area contributed by atoms with Gasteiger partial charge in [0.2, 0.25) is 0 Å². The van der Waals surface area contributed by atoms with Crippen molar-refractivity contribution in [2.75, 3.05) is 18.4 Å². The van der Waals surface area contributed by atoms with Gasteiger partial charge in [0.1, 0.15) is 13.1 Å². The highest BCUT2D eigenvalue weighted by molar-refractivity contribution is 9.10. The van der Waals surface area contributed by atoms with Crippen LogP contribution in [-0.2, 0) is 9.59 Å². The molecule has 0 unspecified atom stereocenters. The number of aliphatic carboxylic acids is 2. The van der Waals surface area contributed by atoms with Gasteiger partial charge in [0.25, 0.3) is 0 Å². The summed E-state index contributed by atoms with van der Waals surface area (Å²) in [6, 6.07) is 2.63. The highest BCUT2D eigenvalue weighted by Crippen LogP contribution is 2.25. The van der Waals surface area contributed by atoms with Crippen LogP contribution in [0.15, 0.2) is 16.6 Å². The molecule has 1 aromatic rings. The van der Waals surface area contributed by atoms with Gasteiger partial charge in [-0.05, 0) is 37.1 Å². The molecule has 0 heterocycles. The maximum absolute atomic E-state index is 12.0. The quantitative estimate of drug-likeness (QED) is 0.746. The molecule has 0 aliphatic rings. The van der Waals surface area contributed by atoms with Gasteiger partial charge in [-0.25, -0.2) is 4.79 Å². The second kappa shape index (κ2) is 7.07. The number of halogens is 1. The standard InChI is InChI=1S/C13H15BrN2O5/c1-7-3-9(4-8(2)12(7)14)15-13(21)16(5-10(17)18)6-11(19)20/h3-4H,5-6H2,1-2H3,(H,15,21)(H,17,18)(H,19,20). The minimum Gasteiger partial charge on any atom is -0.480 e. The molecule has 0 aliphatic heterocycles. The highest BCUT2D eigenvalue weighted by atomic mass is 79.9. The lowest BCUT2D eigenvalue weighted by atomic mass is 10.1. The van der Waals surface area contributed by atoms with Gasteiger partial charge in [-0.2, -0.15) is 0 Å². The number of rotatable bonds is 5. The van der Waals surface area contributed by atoms with Crippen LogP contribution in [0.25, 0.3) is 0 Å². The fourth-order valence-electron chi connectivity index (χ4n) is 1.75. The van der Waals surface area contributed by atoms with E-state index in [-0.39, 0.29) is 0 Å². The molecular formula is C13H15BrN2O5. The molecule has 0 radical (unpaired) electrons. The fraction of sp³-hybridized carbons (Fsp3) is 0.308. The third kappa shape index (κ3) is 5.07. The largest absolute Gasteiger partial charge is 0.480 e. The van der Waals surface area contributed by atoms with E-state index in [1.165, 1.54) is 0 Å². The molecule has 1 rings (SSSR count).